The molecule has 0 saturated carbocycles. The van der Waals surface area contributed by atoms with E-state index >= 15 is 0 Å². The second-order valence-electron chi connectivity index (χ2n) is 5.65. The summed E-state index contributed by atoms with van der Waals surface area (Å²) in [5, 5.41) is 0. The maximum Gasteiger partial charge on any atom is 0.314 e. The number of carbonyl (C=O) groups is 2. The third-order valence-corrected chi connectivity index (χ3v) is 5.70. The highest BCUT2D eigenvalue weighted by Crippen LogP contribution is 2.32. The van der Waals surface area contributed by atoms with Crippen molar-refractivity contribution in [3.8, 4) is 0 Å². The molecule has 1 aromatic carbocycles. The molecule has 2 atom stereocenters. The van der Waals surface area contributed by atoms with Crippen molar-refractivity contribution in [1.82, 2.24) is 4.57 Å². The number of ether oxygens (including phenoxy) is 1. The molecule has 1 aliphatic heterocycles. The fourth-order valence-electron chi connectivity index (χ4n) is 3.10. The molecule has 0 radical (unpaired) electrons. The molecular formula is C18H19NO4S. The number of carbonyl (C=O) groups excluding carboxylic acids is 2. The highest BCUT2D eigenvalue weighted by Gasteiger charge is 2.32. The van der Waals surface area contributed by atoms with E-state index in [2.05, 4.69) is 0 Å². The van der Waals surface area contributed by atoms with Gasteiger partial charge in [-0.3, -0.25) is 9.59 Å². The van der Waals surface area contributed by atoms with E-state index in [1.54, 1.807) is 30.3 Å². The van der Waals surface area contributed by atoms with Crippen molar-refractivity contribution in [2.24, 2.45) is 0 Å². The zero-order valence-corrected chi connectivity index (χ0v) is 14.5. The molecule has 24 heavy (non-hydrogen) atoms. The van der Waals surface area contributed by atoms with Crippen molar-refractivity contribution < 1.29 is 18.9 Å². The largest absolute Gasteiger partial charge is 0.611 e. The topological polar surface area (TPSA) is 71.4 Å². The van der Waals surface area contributed by atoms with Gasteiger partial charge in [0.05, 0.1) is 18.7 Å². The first-order valence-corrected chi connectivity index (χ1v) is 9.19. The molecule has 2 unspecified atom stereocenters. The number of methoxy groups -OCH3 is 1. The Morgan fingerprint density at radius 1 is 1.25 bits per heavy atom. The minimum atomic E-state index is -1.03. The lowest BCUT2D eigenvalue weighted by Gasteiger charge is -2.09. The van der Waals surface area contributed by atoms with Gasteiger partial charge in [0, 0.05) is 17.8 Å². The number of hydrogen-bond acceptors (Lipinski definition) is 4. The fraction of sp³-hybridized carbons (Fsp3) is 0.333. The van der Waals surface area contributed by atoms with Gasteiger partial charge in [0.25, 0.3) is 0 Å². The Balaban J connectivity index is 1.86. The van der Waals surface area contributed by atoms with E-state index in [9.17, 15) is 14.1 Å². The predicted octanol–water partition coefficient (Wildman–Crippen LogP) is 2.51. The predicted molar refractivity (Wildman–Crippen MR) is 90.6 cm³/mol. The summed E-state index contributed by atoms with van der Waals surface area (Å²) in [6.07, 6.45) is 0.650. The normalized spacial score (nSPS) is 17.4. The van der Waals surface area contributed by atoms with Gasteiger partial charge < -0.3 is 13.9 Å². The first-order chi connectivity index (χ1) is 11.6. The second-order valence-corrected chi connectivity index (χ2v) is 7.39. The van der Waals surface area contributed by atoms with E-state index in [-0.39, 0.29) is 17.7 Å². The highest BCUT2D eigenvalue weighted by atomic mass is 32.2. The van der Waals surface area contributed by atoms with Crippen LogP contribution < -0.4 is 0 Å². The van der Waals surface area contributed by atoms with Crippen LogP contribution in [0.4, 0.5) is 0 Å². The maximum absolute atomic E-state index is 12.8. The third kappa shape index (κ3) is 2.87. The number of esters is 1. The minimum Gasteiger partial charge on any atom is -0.611 e. The average Bonchev–Trinajstić information content (AvgIpc) is 3.21. The molecule has 5 nitrogen and oxygen atoms in total. The average molecular weight is 345 g/mol. The van der Waals surface area contributed by atoms with Gasteiger partial charge in [0.2, 0.25) is 5.78 Å². The molecule has 3 rings (SSSR count). The molecule has 126 valence electrons. The first-order valence-electron chi connectivity index (χ1n) is 7.87. The number of hydrogen-bond donors (Lipinski definition) is 0. The van der Waals surface area contributed by atoms with Crippen molar-refractivity contribution in [3.05, 3.63) is 53.3 Å². The molecule has 0 bridgehead atoms. The summed E-state index contributed by atoms with van der Waals surface area (Å²) < 4.78 is 18.5. The van der Waals surface area contributed by atoms with Crippen LogP contribution in [0.25, 0.3) is 0 Å². The van der Waals surface area contributed by atoms with Crippen LogP contribution in [-0.2, 0) is 27.3 Å². The molecule has 6 heteroatoms. The van der Waals surface area contributed by atoms with Crippen LogP contribution in [0.2, 0.25) is 0 Å². The van der Waals surface area contributed by atoms with Gasteiger partial charge in [-0.2, -0.15) is 0 Å². The first kappa shape index (κ1) is 16.8. The van der Waals surface area contributed by atoms with Crippen molar-refractivity contribution >= 4 is 22.9 Å². The lowest BCUT2D eigenvalue weighted by atomic mass is 10.1. The van der Waals surface area contributed by atoms with Gasteiger partial charge in [-0.15, -0.1) is 0 Å². The number of aromatic nitrogens is 1. The summed E-state index contributed by atoms with van der Waals surface area (Å²) in [7, 11) is 1.38. The highest BCUT2D eigenvalue weighted by molar-refractivity contribution is 7.91. The number of fused-ring (bicyclic) bond motifs is 1. The summed E-state index contributed by atoms with van der Waals surface area (Å²) in [6.45, 7) is 2.48. The quantitative estimate of drug-likeness (QED) is 0.474. The smallest absolute Gasteiger partial charge is 0.314 e. The van der Waals surface area contributed by atoms with Crippen LogP contribution in [0, 0.1) is 0 Å². The molecule has 2 heterocycles. The van der Waals surface area contributed by atoms with E-state index in [1.807, 2.05) is 17.6 Å². The summed E-state index contributed by atoms with van der Waals surface area (Å²) in [4.78, 5) is 25.3. The van der Waals surface area contributed by atoms with Gasteiger partial charge in [0.1, 0.15) is 5.75 Å². The van der Waals surface area contributed by atoms with Crippen molar-refractivity contribution in [2.75, 3.05) is 12.9 Å². The third-order valence-electron chi connectivity index (χ3n) is 4.37. The van der Waals surface area contributed by atoms with Crippen molar-refractivity contribution in [1.29, 1.82) is 0 Å². The molecule has 0 spiro atoms. The number of ketones is 1. The molecule has 2 aromatic rings. The lowest BCUT2D eigenvalue weighted by molar-refractivity contribution is -0.142. The van der Waals surface area contributed by atoms with E-state index < -0.39 is 11.2 Å². The Morgan fingerprint density at radius 3 is 2.58 bits per heavy atom. The monoisotopic (exact) mass is 345 g/mol. The summed E-state index contributed by atoms with van der Waals surface area (Å²) in [5.74, 6) is -0.113. The molecule has 0 saturated heterocycles. The Kier molecular flexibility index (Phi) is 4.78. The van der Waals surface area contributed by atoms with E-state index in [4.69, 9.17) is 4.74 Å². The summed E-state index contributed by atoms with van der Waals surface area (Å²) in [6, 6.07) is 10.5. The summed E-state index contributed by atoms with van der Waals surface area (Å²) in [5.41, 5.74) is 1.95. The van der Waals surface area contributed by atoms with Gasteiger partial charge in [0.15, 0.2) is 4.90 Å². The van der Waals surface area contributed by atoms with Crippen LogP contribution in [-0.4, -0.2) is 33.7 Å². The number of rotatable bonds is 5. The zero-order valence-electron chi connectivity index (χ0n) is 13.7. The van der Waals surface area contributed by atoms with Crippen molar-refractivity contribution in [3.63, 3.8) is 0 Å². The molecule has 1 aliphatic rings. The lowest BCUT2D eigenvalue weighted by Crippen LogP contribution is -2.12. The fourth-order valence-corrected chi connectivity index (χ4v) is 3.87. The Labute approximate surface area is 143 Å². The van der Waals surface area contributed by atoms with Crippen LogP contribution in [0.5, 0.6) is 0 Å². The molecular weight excluding hydrogens is 326 g/mol. The molecule has 1 aromatic heterocycles. The van der Waals surface area contributed by atoms with Crippen LogP contribution >= 0.6 is 0 Å². The SMILES string of the molecule is CC[S+]([O-])c1ccc(C(=O)c2ccc3n2CCC3C(=O)OC)cc1. The van der Waals surface area contributed by atoms with Gasteiger partial charge in [-0.05, 0) is 60.9 Å². The number of nitrogens with zero attached hydrogens (tertiary/aromatic N) is 1. The number of benzene rings is 1. The Bertz CT molecular complexity index is 766. The van der Waals surface area contributed by atoms with Gasteiger partial charge >= 0.3 is 5.97 Å². The van der Waals surface area contributed by atoms with Crippen LogP contribution in [0.3, 0.4) is 0 Å². The molecule has 0 amide bonds. The summed E-state index contributed by atoms with van der Waals surface area (Å²) >= 11 is -1.03. The maximum atomic E-state index is 12.8. The van der Waals surface area contributed by atoms with Gasteiger partial charge in [-0.25, -0.2) is 0 Å². The van der Waals surface area contributed by atoms with Crippen LogP contribution in [0.15, 0.2) is 41.3 Å². The van der Waals surface area contributed by atoms with E-state index in [0.717, 1.165) is 10.6 Å². The Hall–Kier alpha value is -2.05. The second kappa shape index (κ2) is 6.83. The standard InChI is InChI=1S/C18H19NO4S/c1-3-24(22)13-6-4-12(5-7-13)17(20)16-9-8-15-14(18(21)23-2)10-11-19(15)16/h4-9,14H,3,10-11H2,1-2H3. The zero-order chi connectivity index (χ0) is 17.3. The van der Waals surface area contributed by atoms with E-state index in [0.29, 0.717) is 30.0 Å². The van der Waals surface area contributed by atoms with E-state index in [1.165, 1.54) is 7.11 Å². The molecule has 0 aliphatic carbocycles. The van der Waals surface area contributed by atoms with Crippen LogP contribution in [0.1, 0.15) is 41.0 Å². The molecule has 0 N–H and O–H groups in total. The molecule has 0 fully saturated rings. The minimum absolute atomic E-state index is 0.0967. The van der Waals surface area contributed by atoms with Crippen molar-refractivity contribution in [2.45, 2.75) is 30.7 Å². The van der Waals surface area contributed by atoms with Gasteiger partial charge in [-0.1, -0.05) is 0 Å². The Morgan fingerprint density at radius 2 is 1.96 bits per heavy atom.